The van der Waals surface area contributed by atoms with Gasteiger partial charge < -0.3 is 9.64 Å². The van der Waals surface area contributed by atoms with Crippen LogP contribution in [0.2, 0.25) is 0 Å². The minimum absolute atomic E-state index is 0.00404. The van der Waals surface area contributed by atoms with Crippen molar-refractivity contribution in [3.05, 3.63) is 102 Å². The third-order valence-corrected chi connectivity index (χ3v) is 6.58. The topological polar surface area (TPSA) is 62.2 Å². The van der Waals surface area contributed by atoms with E-state index in [1.54, 1.807) is 17.1 Å². The lowest BCUT2D eigenvalue weighted by atomic mass is 9.97. The number of benzene rings is 3. The van der Waals surface area contributed by atoms with Crippen molar-refractivity contribution in [2.75, 3.05) is 19.7 Å². The number of para-hydroxylation sites is 1. The molecule has 0 aliphatic carbocycles. The summed E-state index contributed by atoms with van der Waals surface area (Å²) >= 11 is 0. The first kappa shape index (κ1) is 22.8. The second-order valence-electron chi connectivity index (χ2n) is 8.92. The molecule has 0 N–H and O–H groups in total. The molecule has 0 saturated carbocycles. The number of carbonyl (C=O) groups excluding carboxylic acids is 2. The molecule has 0 aromatic heterocycles. The largest absolute Gasteiger partial charge is 0.483 e. The Morgan fingerprint density at radius 2 is 1.49 bits per heavy atom. The summed E-state index contributed by atoms with van der Waals surface area (Å²) in [6, 6.07) is 26.4. The fourth-order valence-electron chi connectivity index (χ4n) is 4.72. The van der Waals surface area contributed by atoms with Crippen molar-refractivity contribution in [1.29, 1.82) is 0 Å². The van der Waals surface area contributed by atoms with Crippen LogP contribution in [-0.4, -0.2) is 47.1 Å². The van der Waals surface area contributed by atoms with E-state index in [9.17, 15) is 9.59 Å². The first-order valence-corrected chi connectivity index (χ1v) is 12.2. The summed E-state index contributed by atoms with van der Waals surface area (Å²) in [6.07, 6.45) is 3.81. The fraction of sp³-hybridized carbons (Fsp3) is 0.276. The second-order valence-corrected chi connectivity index (χ2v) is 8.92. The number of nitrogens with zero attached hydrogens (tertiary/aromatic N) is 3. The Bertz CT molecular complexity index is 1200. The zero-order valence-electron chi connectivity index (χ0n) is 19.7. The van der Waals surface area contributed by atoms with E-state index >= 15 is 0 Å². The molecule has 1 saturated heterocycles. The third kappa shape index (κ3) is 5.11. The van der Waals surface area contributed by atoms with Crippen LogP contribution in [0, 0.1) is 0 Å². The van der Waals surface area contributed by atoms with Gasteiger partial charge in [-0.3, -0.25) is 9.59 Å². The van der Waals surface area contributed by atoms with Gasteiger partial charge in [0.2, 0.25) is 0 Å². The van der Waals surface area contributed by atoms with Crippen molar-refractivity contribution in [3.8, 4) is 5.75 Å². The molecule has 2 heterocycles. The van der Waals surface area contributed by atoms with Gasteiger partial charge in [-0.25, -0.2) is 5.01 Å². The van der Waals surface area contributed by atoms with Crippen molar-refractivity contribution in [2.24, 2.45) is 5.10 Å². The summed E-state index contributed by atoms with van der Waals surface area (Å²) in [5, 5.41) is 6.33. The third-order valence-electron chi connectivity index (χ3n) is 6.58. The zero-order valence-corrected chi connectivity index (χ0v) is 19.7. The highest BCUT2D eigenvalue weighted by Crippen LogP contribution is 2.38. The van der Waals surface area contributed by atoms with Crippen molar-refractivity contribution in [3.63, 3.8) is 0 Å². The SMILES string of the molecule is O=C(COc1ccccc1[C@@H]1CC(c2ccccc2)=NN1C(=O)c1ccccc1)N1CCCCC1. The lowest BCUT2D eigenvalue weighted by Crippen LogP contribution is -2.38. The molecule has 1 fully saturated rings. The molecule has 2 aliphatic heterocycles. The number of hydrogen-bond acceptors (Lipinski definition) is 4. The van der Waals surface area contributed by atoms with Gasteiger partial charge >= 0.3 is 0 Å². The molecule has 2 aliphatic rings. The Balaban J connectivity index is 1.42. The molecule has 1 atom stereocenters. The first-order valence-electron chi connectivity index (χ1n) is 12.2. The molecule has 6 nitrogen and oxygen atoms in total. The highest BCUT2D eigenvalue weighted by Gasteiger charge is 2.35. The number of carbonyl (C=O) groups is 2. The van der Waals surface area contributed by atoms with Gasteiger partial charge in [0.25, 0.3) is 11.8 Å². The van der Waals surface area contributed by atoms with Crippen LogP contribution in [0.3, 0.4) is 0 Å². The van der Waals surface area contributed by atoms with Gasteiger partial charge in [-0.05, 0) is 43.0 Å². The quantitative estimate of drug-likeness (QED) is 0.509. The van der Waals surface area contributed by atoms with Gasteiger partial charge in [0.05, 0.1) is 11.8 Å². The second kappa shape index (κ2) is 10.6. The predicted octanol–water partition coefficient (Wildman–Crippen LogP) is 5.07. The lowest BCUT2D eigenvalue weighted by molar-refractivity contribution is -0.134. The maximum absolute atomic E-state index is 13.5. The smallest absolute Gasteiger partial charge is 0.274 e. The summed E-state index contributed by atoms with van der Waals surface area (Å²) in [5.74, 6) is 0.448. The first-order chi connectivity index (χ1) is 17.2. The van der Waals surface area contributed by atoms with Crippen LogP contribution in [0.25, 0.3) is 0 Å². The molecular weight excluding hydrogens is 438 g/mol. The average Bonchev–Trinajstić information content (AvgIpc) is 3.38. The van der Waals surface area contributed by atoms with Crippen LogP contribution in [0.1, 0.15) is 53.2 Å². The Labute approximate surface area is 205 Å². The van der Waals surface area contributed by atoms with E-state index in [1.807, 2.05) is 77.7 Å². The number of rotatable bonds is 6. The number of ether oxygens (including phenoxy) is 1. The molecule has 6 heteroatoms. The number of likely N-dealkylation sites (tertiary alicyclic amines) is 1. The van der Waals surface area contributed by atoms with E-state index < -0.39 is 0 Å². The van der Waals surface area contributed by atoms with Gasteiger partial charge in [-0.15, -0.1) is 0 Å². The van der Waals surface area contributed by atoms with Gasteiger partial charge in [-0.1, -0.05) is 66.7 Å². The summed E-state index contributed by atoms with van der Waals surface area (Å²) < 4.78 is 6.06. The van der Waals surface area contributed by atoms with Crippen LogP contribution in [0.5, 0.6) is 5.75 Å². The minimum Gasteiger partial charge on any atom is -0.483 e. The molecule has 0 spiro atoms. The van der Waals surface area contributed by atoms with Gasteiger partial charge in [-0.2, -0.15) is 5.10 Å². The normalized spacial score (nSPS) is 17.7. The van der Waals surface area contributed by atoms with Crippen LogP contribution < -0.4 is 4.74 Å². The highest BCUT2D eigenvalue weighted by atomic mass is 16.5. The van der Waals surface area contributed by atoms with E-state index in [2.05, 4.69) is 0 Å². The monoisotopic (exact) mass is 467 g/mol. The van der Waals surface area contributed by atoms with Crippen molar-refractivity contribution in [1.82, 2.24) is 9.91 Å². The van der Waals surface area contributed by atoms with Crippen molar-refractivity contribution in [2.45, 2.75) is 31.7 Å². The number of amides is 2. The molecule has 5 rings (SSSR count). The lowest BCUT2D eigenvalue weighted by Gasteiger charge is -2.27. The maximum atomic E-state index is 13.5. The summed E-state index contributed by atoms with van der Waals surface area (Å²) in [4.78, 5) is 28.1. The molecular formula is C29H29N3O3. The Kier molecular flexibility index (Phi) is 6.89. The molecule has 0 unspecified atom stereocenters. The molecule has 178 valence electrons. The van der Waals surface area contributed by atoms with Crippen molar-refractivity contribution >= 4 is 17.5 Å². The summed E-state index contributed by atoms with van der Waals surface area (Å²) in [5.41, 5.74) is 3.26. The summed E-state index contributed by atoms with van der Waals surface area (Å²) in [6.45, 7) is 1.57. The van der Waals surface area contributed by atoms with Crippen LogP contribution in [-0.2, 0) is 4.79 Å². The van der Waals surface area contributed by atoms with E-state index in [-0.39, 0.29) is 24.5 Å². The molecule has 3 aromatic carbocycles. The summed E-state index contributed by atoms with van der Waals surface area (Å²) in [7, 11) is 0. The predicted molar refractivity (Wildman–Crippen MR) is 135 cm³/mol. The minimum atomic E-state index is -0.334. The standard InChI is InChI=1S/C29H29N3O3/c33-28(31-18-10-3-11-19-31)21-35-27-17-9-8-16-24(27)26-20-25(22-12-4-1-5-13-22)30-32(26)29(34)23-14-6-2-7-15-23/h1-2,4-9,12-17,26H,3,10-11,18-21H2/t26-/m0/s1. The van der Waals surface area contributed by atoms with Gasteiger partial charge in [0, 0.05) is 30.6 Å². The fourth-order valence-corrected chi connectivity index (χ4v) is 4.72. The Hall–Kier alpha value is -3.93. The zero-order chi connectivity index (χ0) is 24.0. The Morgan fingerprint density at radius 3 is 2.23 bits per heavy atom. The number of piperidine rings is 1. The molecule has 0 bridgehead atoms. The molecule has 2 amide bonds. The molecule has 3 aromatic rings. The van der Waals surface area contributed by atoms with E-state index in [0.29, 0.717) is 17.7 Å². The van der Waals surface area contributed by atoms with Crippen LogP contribution in [0.15, 0.2) is 90.0 Å². The van der Waals surface area contributed by atoms with E-state index in [4.69, 9.17) is 9.84 Å². The average molecular weight is 468 g/mol. The molecule has 35 heavy (non-hydrogen) atoms. The van der Waals surface area contributed by atoms with E-state index in [0.717, 1.165) is 42.8 Å². The number of hydrogen-bond donors (Lipinski definition) is 0. The van der Waals surface area contributed by atoms with Crippen LogP contribution >= 0.6 is 0 Å². The van der Waals surface area contributed by atoms with Crippen molar-refractivity contribution < 1.29 is 14.3 Å². The number of hydrazone groups is 1. The van der Waals surface area contributed by atoms with Gasteiger partial charge in [0.1, 0.15) is 5.75 Å². The Morgan fingerprint density at radius 1 is 0.829 bits per heavy atom. The van der Waals surface area contributed by atoms with Crippen LogP contribution in [0.4, 0.5) is 0 Å². The molecule has 0 radical (unpaired) electrons. The maximum Gasteiger partial charge on any atom is 0.274 e. The van der Waals surface area contributed by atoms with Gasteiger partial charge in [0.15, 0.2) is 6.61 Å². The van der Waals surface area contributed by atoms with E-state index in [1.165, 1.54) is 6.42 Å². The highest BCUT2D eigenvalue weighted by molar-refractivity contribution is 6.05.